The van der Waals surface area contributed by atoms with Gasteiger partial charge < -0.3 is 5.73 Å². The van der Waals surface area contributed by atoms with Gasteiger partial charge in [0.1, 0.15) is 6.17 Å². The lowest BCUT2D eigenvalue weighted by molar-refractivity contribution is 0.754. The topological polar surface area (TPSA) is 53.1 Å². The second kappa shape index (κ2) is 5.67. The molecule has 1 unspecified atom stereocenters. The van der Waals surface area contributed by atoms with E-state index in [1.165, 1.54) is 0 Å². The van der Waals surface area contributed by atoms with Crippen molar-refractivity contribution < 1.29 is 0 Å². The Morgan fingerprint density at radius 1 is 1.00 bits per heavy atom. The predicted octanol–water partition coefficient (Wildman–Crippen LogP) is 3.32. The number of amidine groups is 1. The molecule has 1 atom stereocenters. The minimum Gasteiger partial charge on any atom is -0.307 e. The van der Waals surface area contributed by atoms with Crippen molar-refractivity contribution in [3.05, 3.63) is 66.2 Å². The molecule has 3 nitrogen and oxygen atoms in total. The number of halogens is 1. The molecule has 18 heavy (non-hydrogen) atoms. The van der Waals surface area contributed by atoms with Gasteiger partial charge in [0.2, 0.25) is 0 Å². The van der Waals surface area contributed by atoms with Crippen LogP contribution in [0.1, 0.15) is 11.7 Å². The van der Waals surface area contributed by atoms with Crippen molar-refractivity contribution in [1.29, 1.82) is 5.41 Å². The van der Waals surface area contributed by atoms with Crippen LogP contribution in [0, 0.1) is 5.41 Å². The minimum atomic E-state index is -0.474. The van der Waals surface area contributed by atoms with Crippen molar-refractivity contribution in [2.24, 2.45) is 5.73 Å². The Kier molecular flexibility index (Phi) is 3.97. The average molecular weight is 260 g/mol. The lowest BCUT2D eigenvalue weighted by atomic mass is 10.1. The van der Waals surface area contributed by atoms with E-state index in [1.54, 1.807) is 4.90 Å². The maximum atomic E-state index is 7.68. The second-order valence-corrected chi connectivity index (χ2v) is 4.21. The van der Waals surface area contributed by atoms with Gasteiger partial charge in [0, 0.05) is 5.69 Å². The van der Waals surface area contributed by atoms with E-state index < -0.39 is 6.17 Å². The van der Waals surface area contributed by atoms with E-state index in [0.717, 1.165) is 11.3 Å². The molecule has 2 aromatic carbocycles. The van der Waals surface area contributed by atoms with E-state index in [1.807, 2.05) is 60.7 Å². The molecule has 3 N–H and O–H groups in total. The van der Waals surface area contributed by atoms with Crippen molar-refractivity contribution in [3.8, 4) is 0 Å². The van der Waals surface area contributed by atoms with E-state index in [4.69, 9.17) is 22.7 Å². The molecule has 0 heterocycles. The van der Waals surface area contributed by atoms with Crippen LogP contribution in [0.2, 0.25) is 0 Å². The van der Waals surface area contributed by atoms with E-state index in [9.17, 15) is 0 Å². The lowest BCUT2D eigenvalue weighted by Gasteiger charge is -2.28. The van der Waals surface area contributed by atoms with Gasteiger partial charge in [0.15, 0.2) is 5.29 Å². The number of para-hydroxylation sites is 1. The number of nitrogens with one attached hydrogen (secondary N) is 1. The van der Waals surface area contributed by atoms with E-state index >= 15 is 0 Å². The van der Waals surface area contributed by atoms with Gasteiger partial charge in [-0.15, -0.1) is 0 Å². The Balaban J connectivity index is 2.35. The van der Waals surface area contributed by atoms with E-state index in [0.29, 0.717) is 0 Å². The molecule has 0 bridgehead atoms. The summed E-state index contributed by atoms with van der Waals surface area (Å²) in [6.45, 7) is 0. The fourth-order valence-corrected chi connectivity index (χ4v) is 1.99. The Morgan fingerprint density at radius 2 is 1.50 bits per heavy atom. The zero-order valence-electron chi connectivity index (χ0n) is 9.75. The molecule has 0 saturated heterocycles. The minimum absolute atomic E-state index is 0.0995. The number of nitrogens with two attached hydrogens (primary N) is 1. The SMILES string of the molecule is N=C(Cl)N(c1ccccc1)C(N)c1ccccc1. The van der Waals surface area contributed by atoms with Crippen molar-refractivity contribution in [2.45, 2.75) is 6.17 Å². The first-order valence-electron chi connectivity index (χ1n) is 5.59. The molecule has 0 saturated carbocycles. The zero-order chi connectivity index (χ0) is 13.0. The normalized spacial score (nSPS) is 11.9. The van der Waals surface area contributed by atoms with Crippen molar-refractivity contribution in [1.82, 2.24) is 0 Å². The third-order valence-corrected chi connectivity index (χ3v) is 2.85. The third kappa shape index (κ3) is 2.70. The van der Waals surface area contributed by atoms with Gasteiger partial charge in [-0.2, -0.15) is 0 Å². The van der Waals surface area contributed by atoms with Gasteiger partial charge in [0.05, 0.1) is 0 Å². The summed E-state index contributed by atoms with van der Waals surface area (Å²) < 4.78 is 0. The van der Waals surface area contributed by atoms with Crippen LogP contribution in [0.15, 0.2) is 60.7 Å². The van der Waals surface area contributed by atoms with Crippen LogP contribution in [0.3, 0.4) is 0 Å². The highest BCUT2D eigenvalue weighted by molar-refractivity contribution is 6.67. The maximum absolute atomic E-state index is 7.68. The van der Waals surface area contributed by atoms with Crippen LogP contribution in [-0.2, 0) is 0 Å². The monoisotopic (exact) mass is 259 g/mol. The summed E-state index contributed by atoms with van der Waals surface area (Å²) in [5, 5.41) is 7.58. The van der Waals surface area contributed by atoms with Gasteiger partial charge in [-0.3, -0.25) is 10.3 Å². The summed E-state index contributed by atoms with van der Waals surface area (Å²) in [6, 6.07) is 19.0. The Bertz CT molecular complexity index is 513. The first-order chi connectivity index (χ1) is 8.70. The molecule has 4 heteroatoms. The first-order valence-corrected chi connectivity index (χ1v) is 5.97. The summed E-state index contributed by atoms with van der Waals surface area (Å²) in [4.78, 5) is 1.58. The summed E-state index contributed by atoms with van der Waals surface area (Å²) in [5.74, 6) is 0. The summed E-state index contributed by atoms with van der Waals surface area (Å²) in [5.41, 5.74) is 7.88. The van der Waals surface area contributed by atoms with Crippen molar-refractivity contribution >= 4 is 22.6 Å². The zero-order valence-corrected chi connectivity index (χ0v) is 10.5. The molecule has 0 aliphatic rings. The van der Waals surface area contributed by atoms with Crippen molar-refractivity contribution in [3.63, 3.8) is 0 Å². The summed E-state index contributed by atoms with van der Waals surface area (Å²) >= 11 is 5.85. The van der Waals surface area contributed by atoms with Crippen molar-refractivity contribution in [2.75, 3.05) is 4.90 Å². The van der Waals surface area contributed by atoms with Crippen LogP contribution in [0.5, 0.6) is 0 Å². The van der Waals surface area contributed by atoms with E-state index in [-0.39, 0.29) is 5.29 Å². The molecule has 0 spiro atoms. The summed E-state index contributed by atoms with van der Waals surface area (Å²) in [7, 11) is 0. The Hall–Kier alpha value is -1.84. The van der Waals surface area contributed by atoms with Gasteiger partial charge in [0.25, 0.3) is 0 Å². The maximum Gasteiger partial charge on any atom is 0.197 e. The van der Waals surface area contributed by atoms with Gasteiger partial charge in [-0.25, -0.2) is 0 Å². The Morgan fingerprint density at radius 3 is 2.00 bits per heavy atom. The standard InChI is InChI=1S/C14H14ClN3/c15-14(17)18(12-9-5-2-6-10-12)13(16)11-7-3-1-4-8-11/h1-10,13,17H,16H2. The highest BCUT2D eigenvalue weighted by Gasteiger charge is 2.19. The summed E-state index contributed by atoms with van der Waals surface area (Å²) in [6.07, 6.45) is -0.474. The largest absolute Gasteiger partial charge is 0.307 e. The third-order valence-electron chi connectivity index (χ3n) is 2.67. The Labute approximate surface area is 111 Å². The van der Waals surface area contributed by atoms with Gasteiger partial charge in [-0.05, 0) is 29.3 Å². The fourth-order valence-electron chi connectivity index (χ4n) is 1.78. The molecule has 0 radical (unpaired) electrons. The molecule has 2 aromatic rings. The van der Waals surface area contributed by atoms with Gasteiger partial charge in [-0.1, -0.05) is 48.5 Å². The van der Waals surface area contributed by atoms with Gasteiger partial charge >= 0.3 is 0 Å². The number of nitrogens with zero attached hydrogens (tertiary/aromatic N) is 1. The highest BCUT2D eigenvalue weighted by atomic mass is 35.5. The van der Waals surface area contributed by atoms with Crippen LogP contribution in [-0.4, -0.2) is 5.29 Å². The predicted molar refractivity (Wildman–Crippen MR) is 75.9 cm³/mol. The highest BCUT2D eigenvalue weighted by Crippen LogP contribution is 2.24. The number of rotatable bonds is 3. The average Bonchev–Trinajstić information content (AvgIpc) is 2.40. The lowest BCUT2D eigenvalue weighted by Crippen LogP contribution is -2.36. The molecular formula is C14H14ClN3. The van der Waals surface area contributed by atoms with Crippen LogP contribution in [0.4, 0.5) is 5.69 Å². The van der Waals surface area contributed by atoms with Crippen LogP contribution in [0.25, 0.3) is 0 Å². The number of benzene rings is 2. The molecule has 0 aromatic heterocycles. The molecular weight excluding hydrogens is 246 g/mol. The number of hydrogen-bond acceptors (Lipinski definition) is 2. The van der Waals surface area contributed by atoms with Crippen LogP contribution >= 0.6 is 11.6 Å². The smallest absolute Gasteiger partial charge is 0.197 e. The van der Waals surface area contributed by atoms with Crippen LogP contribution < -0.4 is 10.6 Å². The number of anilines is 1. The molecule has 0 fully saturated rings. The second-order valence-electron chi connectivity index (χ2n) is 3.85. The molecule has 0 amide bonds. The number of hydrogen-bond donors (Lipinski definition) is 2. The molecule has 0 aliphatic heterocycles. The quantitative estimate of drug-likeness (QED) is 0.385. The molecule has 0 aliphatic carbocycles. The molecule has 2 rings (SSSR count). The molecule has 92 valence electrons. The van der Waals surface area contributed by atoms with E-state index in [2.05, 4.69) is 0 Å². The first kappa shape index (κ1) is 12.6. The fraction of sp³-hybridized carbons (Fsp3) is 0.0714.